The Morgan fingerprint density at radius 1 is 1.36 bits per heavy atom. The van der Waals surface area contributed by atoms with Crippen molar-refractivity contribution < 1.29 is 4.79 Å². The zero-order valence-corrected chi connectivity index (χ0v) is 8.84. The molecule has 14 heavy (non-hydrogen) atoms. The fraction of sp³-hybridized carbons (Fsp3) is 0.462. The molecule has 1 aliphatic carbocycles. The van der Waals surface area contributed by atoms with E-state index in [2.05, 4.69) is 25.1 Å². The molecule has 0 spiro atoms. The molecular weight excluding hydrogens is 172 g/mol. The van der Waals surface area contributed by atoms with Crippen LogP contribution in [0.25, 0.3) is 0 Å². The molecule has 1 aromatic rings. The van der Waals surface area contributed by atoms with Crippen LogP contribution in [0.5, 0.6) is 0 Å². The van der Waals surface area contributed by atoms with Crippen LogP contribution < -0.4 is 0 Å². The minimum absolute atomic E-state index is 0.116. The maximum absolute atomic E-state index is 11.6. The Morgan fingerprint density at radius 2 is 2.14 bits per heavy atom. The summed E-state index contributed by atoms with van der Waals surface area (Å²) in [4.78, 5) is 11.6. The van der Waals surface area contributed by atoms with E-state index in [1.165, 1.54) is 16.7 Å². The van der Waals surface area contributed by atoms with Crippen LogP contribution in [0.3, 0.4) is 0 Å². The van der Waals surface area contributed by atoms with Crippen molar-refractivity contribution in [3.05, 3.63) is 34.9 Å². The molecule has 1 unspecified atom stereocenters. The first-order valence-corrected chi connectivity index (χ1v) is 5.36. The first-order chi connectivity index (χ1) is 6.72. The molecule has 0 aliphatic heterocycles. The predicted octanol–water partition coefficient (Wildman–Crippen LogP) is 2.87. The van der Waals surface area contributed by atoms with Gasteiger partial charge in [0, 0.05) is 12.3 Å². The van der Waals surface area contributed by atoms with Crippen LogP contribution >= 0.6 is 0 Å². The van der Waals surface area contributed by atoms with E-state index in [-0.39, 0.29) is 5.92 Å². The van der Waals surface area contributed by atoms with Crippen LogP contribution in [-0.4, -0.2) is 5.78 Å². The van der Waals surface area contributed by atoms with E-state index in [1.807, 2.05) is 6.92 Å². The van der Waals surface area contributed by atoms with Crippen LogP contribution in [0.1, 0.15) is 42.9 Å². The van der Waals surface area contributed by atoms with Crippen molar-refractivity contribution in [3.63, 3.8) is 0 Å². The average molecular weight is 188 g/mol. The maximum Gasteiger partial charge on any atom is 0.140 e. The maximum atomic E-state index is 11.6. The molecule has 2 rings (SSSR count). The molecule has 1 nitrogen and oxygen atoms in total. The summed E-state index contributed by atoms with van der Waals surface area (Å²) in [6.45, 7) is 4.18. The minimum Gasteiger partial charge on any atom is -0.299 e. The molecule has 0 saturated heterocycles. The van der Waals surface area contributed by atoms with Crippen molar-refractivity contribution in [2.45, 2.75) is 39.0 Å². The molecule has 1 aromatic carbocycles. The summed E-state index contributed by atoms with van der Waals surface area (Å²) in [5.74, 6) is 0.510. The molecule has 0 aromatic heterocycles. The Labute approximate surface area is 85.1 Å². The number of rotatable bonds is 1. The molecule has 0 amide bonds. The van der Waals surface area contributed by atoms with Crippen LogP contribution in [0, 0.1) is 0 Å². The summed E-state index contributed by atoms with van der Waals surface area (Å²) >= 11 is 0. The summed E-state index contributed by atoms with van der Waals surface area (Å²) in [6, 6.07) is 6.58. The van der Waals surface area contributed by atoms with E-state index in [0.29, 0.717) is 5.78 Å². The summed E-state index contributed by atoms with van der Waals surface area (Å²) in [6.07, 6.45) is 2.70. The lowest BCUT2D eigenvalue weighted by Gasteiger charge is -2.21. The second kappa shape index (κ2) is 3.56. The van der Waals surface area contributed by atoms with Crippen molar-refractivity contribution in [1.82, 2.24) is 0 Å². The van der Waals surface area contributed by atoms with Crippen molar-refractivity contribution in [3.8, 4) is 0 Å². The molecule has 0 bridgehead atoms. The lowest BCUT2D eigenvalue weighted by molar-refractivity contribution is -0.120. The Balaban J connectivity index is 2.46. The Bertz CT molecular complexity index is 365. The number of hydrogen-bond acceptors (Lipinski definition) is 1. The first kappa shape index (κ1) is 9.45. The van der Waals surface area contributed by atoms with Gasteiger partial charge in [-0.1, -0.05) is 32.0 Å². The molecule has 0 saturated carbocycles. The quantitative estimate of drug-likeness (QED) is 0.662. The lowest BCUT2D eigenvalue weighted by atomic mass is 9.82. The zero-order chi connectivity index (χ0) is 10.1. The van der Waals surface area contributed by atoms with Crippen molar-refractivity contribution in [2.75, 3.05) is 0 Å². The van der Waals surface area contributed by atoms with Gasteiger partial charge in [0.1, 0.15) is 5.78 Å². The van der Waals surface area contributed by atoms with E-state index in [4.69, 9.17) is 0 Å². The van der Waals surface area contributed by atoms with Crippen LogP contribution in [0.2, 0.25) is 0 Å². The normalized spacial score (nSPS) is 20.7. The SMILES string of the molecule is CCc1ccc2c(c1)C(C)C(=O)CC2. The third kappa shape index (κ3) is 1.47. The van der Waals surface area contributed by atoms with E-state index in [0.717, 1.165) is 19.3 Å². The van der Waals surface area contributed by atoms with Gasteiger partial charge in [0.2, 0.25) is 0 Å². The molecule has 0 heterocycles. The number of Topliss-reactive ketones (excluding diaryl/α,β-unsaturated/α-hetero) is 1. The van der Waals surface area contributed by atoms with Gasteiger partial charge in [0.25, 0.3) is 0 Å². The monoisotopic (exact) mass is 188 g/mol. The van der Waals surface area contributed by atoms with E-state index >= 15 is 0 Å². The second-order valence-electron chi connectivity index (χ2n) is 4.07. The highest BCUT2D eigenvalue weighted by Gasteiger charge is 2.23. The van der Waals surface area contributed by atoms with E-state index in [1.54, 1.807) is 0 Å². The van der Waals surface area contributed by atoms with Crippen LogP contribution in [0.4, 0.5) is 0 Å². The van der Waals surface area contributed by atoms with Gasteiger partial charge >= 0.3 is 0 Å². The highest BCUT2D eigenvalue weighted by Crippen LogP contribution is 2.29. The second-order valence-corrected chi connectivity index (χ2v) is 4.07. The Morgan fingerprint density at radius 3 is 2.86 bits per heavy atom. The first-order valence-electron chi connectivity index (χ1n) is 5.36. The number of hydrogen-bond donors (Lipinski definition) is 0. The van der Waals surface area contributed by atoms with Gasteiger partial charge in [-0.3, -0.25) is 4.79 Å². The number of ketones is 1. The number of carbonyl (C=O) groups excluding carboxylic acids is 1. The van der Waals surface area contributed by atoms with Gasteiger partial charge in [-0.15, -0.1) is 0 Å². The van der Waals surface area contributed by atoms with Crippen molar-refractivity contribution >= 4 is 5.78 Å². The topological polar surface area (TPSA) is 17.1 Å². The van der Waals surface area contributed by atoms with E-state index in [9.17, 15) is 4.79 Å². The largest absolute Gasteiger partial charge is 0.299 e. The third-order valence-electron chi connectivity index (χ3n) is 3.21. The Hall–Kier alpha value is -1.11. The number of fused-ring (bicyclic) bond motifs is 1. The van der Waals surface area contributed by atoms with Gasteiger partial charge in [-0.25, -0.2) is 0 Å². The molecule has 0 fully saturated rings. The summed E-state index contributed by atoms with van der Waals surface area (Å²) in [5.41, 5.74) is 3.97. The molecule has 1 aliphatic rings. The summed E-state index contributed by atoms with van der Waals surface area (Å²) in [5, 5.41) is 0. The fourth-order valence-electron chi connectivity index (χ4n) is 2.14. The van der Waals surface area contributed by atoms with Crippen molar-refractivity contribution in [2.24, 2.45) is 0 Å². The predicted molar refractivity (Wildman–Crippen MR) is 57.6 cm³/mol. The van der Waals surface area contributed by atoms with Gasteiger partial charge in [-0.05, 0) is 29.5 Å². The van der Waals surface area contributed by atoms with E-state index < -0.39 is 0 Å². The van der Waals surface area contributed by atoms with Gasteiger partial charge in [0.05, 0.1) is 0 Å². The number of benzene rings is 1. The highest BCUT2D eigenvalue weighted by molar-refractivity contribution is 5.87. The summed E-state index contributed by atoms with van der Waals surface area (Å²) in [7, 11) is 0. The molecule has 0 N–H and O–H groups in total. The number of aryl methyl sites for hydroxylation is 2. The zero-order valence-electron chi connectivity index (χ0n) is 8.84. The Kier molecular flexibility index (Phi) is 2.40. The van der Waals surface area contributed by atoms with Crippen LogP contribution in [0.15, 0.2) is 18.2 Å². The smallest absolute Gasteiger partial charge is 0.140 e. The molecule has 74 valence electrons. The molecule has 0 radical (unpaired) electrons. The lowest BCUT2D eigenvalue weighted by Crippen LogP contribution is -2.18. The molecule has 1 atom stereocenters. The molecular formula is C13H16O. The fourth-order valence-corrected chi connectivity index (χ4v) is 2.14. The number of carbonyl (C=O) groups is 1. The van der Waals surface area contributed by atoms with Crippen molar-refractivity contribution in [1.29, 1.82) is 0 Å². The van der Waals surface area contributed by atoms with Crippen LogP contribution in [-0.2, 0) is 17.6 Å². The van der Waals surface area contributed by atoms with Gasteiger partial charge < -0.3 is 0 Å². The molecule has 1 heteroatoms. The third-order valence-corrected chi connectivity index (χ3v) is 3.21. The average Bonchev–Trinajstić information content (AvgIpc) is 2.23. The van der Waals surface area contributed by atoms with Gasteiger partial charge in [0.15, 0.2) is 0 Å². The summed E-state index contributed by atoms with van der Waals surface area (Å²) < 4.78 is 0. The standard InChI is InChI=1S/C13H16O/c1-3-10-4-5-11-6-7-13(14)9(2)12(11)8-10/h4-5,8-9H,3,6-7H2,1-2H3. The van der Waals surface area contributed by atoms with Gasteiger partial charge in [-0.2, -0.15) is 0 Å². The minimum atomic E-state index is 0.116. The highest BCUT2D eigenvalue weighted by atomic mass is 16.1.